The number of thioether (sulfide) groups is 1. The van der Waals surface area contributed by atoms with Crippen LogP contribution in [0.25, 0.3) is 11.0 Å². The molecule has 1 N–H and O–H groups in total. The zero-order chi connectivity index (χ0) is 14.7. The molecule has 1 aliphatic rings. The van der Waals surface area contributed by atoms with Crippen molar-refractivity contribution in [1.29, 1.82) is 0 Å². The Morgan fingerprint density at radius 3 is 2.81 bits per heavy atom. The molecule has 21 heavy (non-hydrogen) atoms. The molecular weight excluding hydrogens is 282 g/mol. The first-order chi connectivity index (χ1) is 10.3. The van der Waals surface area contributed by atoms with E-state index in [2.05, 4.69) is 23.7 Å². The van der Waals surface area contributed by atoms with E-state index < -0.39 is 0 Å². The van der Waals surface area contributed by atoms with Crippen molar-refractivity contribution < 1.29 is 9.15 Å². The smallest absolute Gasteiger partial charge is 0.176 e. The maximum Gasteiger partial charge on any atom is 0.176 e. The van der Waals surface area contributed by atoms with Crippen molar-refractivity contribution in [2.45, 2.75) is 43.5 Å². The molecule has 1 aromatic heterocycles. The van der Waals surface area contributed by atoms with Crippen LogP contribution in [0.3, 0.4) is 0 Å². The number of benzene rings is 1. The van der Waals surface area contributed by atoms with Gasteiger partial charge in [0.2, 0.25) is 0 Å². The van der Waals surface area contributed by atoms with Gasteiger partial charge in [-0.15, -0.1) is 0 Å². The van der Waals surface area contributed by atoms with Crippen LogP contribution < -0.4 is 10.1 Å². The van der Waals surface area contributed by atoms with Gasteiger partial charge in [-0.1, -0.05) is 12.1 Å². The summed E-state index contributed by atoms with van der Waals surface area (Å²) in [4.78, 5) is 0. The van der Waals surface area contributed by atoms with Gasteiger partial charge in [-0.2, -0.15) is 11.8 Å². The third kappa shape index (κ3) is 3.38. The number of hydrogen-bond donors (Lipinski definition) is 1. The largest absolute Gasteiger partial charge is 0.493 e. The van der Waals surface area contributed by atoms with Crippen LogP contribution >= 0.6 is 11.8 Å². The number of furan rings is 1. The van der Waals surface area contributed by atoms with Crippen molar-refractivity contribution in [3.63, 3.8) is 0 Å². The van der Waals surface area contributed by atoms with Gasteiger partial charge in [-0.3, -0.25) is 0 Å². The maximum atomic E-state index is 5.93. The average molecular weight is 305 g/mol. The van der Waals surface area contributed by atoms with Crippen LogP contribution in [0.2, 0.25) is 0 Å². The molecule has 1 fully saturated rings. The maximum absolute atomic E-state index is 5.93. The van der Waals surface area contributed by atoms with Gasteiger partial charge in [-0.25, -0.2) is 0 Å². The molecule has 4 heteroatoms. The molecular formula is C17H23NO2S. The quantitative estimate of drug-likeness (QED) is 0.897. The number of nitrogens with one attached hydrogen (secondary N) is 1. The van der Waals surface area contributed by atoms with Crippen molar-refractivity contribution in [3.8, 4) is 5.75 Å². The fourth-order valence-electron chi connectivity index (χ4n) is 3.09. The Bertz CT molecular complexity index is 587. The Balaban J connectivity index is 1.61. The molecule has 0 atom stereocenters. The molecule has 0 spiro atoms. The van der Waals surface area contributed by atoms with E-state index in [-0.39, 0.29) is 0 Å². The third-order valence-electron chi connectivity index (χ3n) is 4.35. The van der Waals surface area contributed by atoms with Gasteiger partial charge < -0.3 is 14.5 Å². The summed E-state index contributed by atoms with van der Waals surface area (Å²) in [5.41, 5.74) is 0.850. The average Bonchev–Trinajstić information content (AvgIpc) is 2.96. The summed E-state index contributed by atoms with van der Waals surface area (Å²) in [6, 6.07) is 8.74. The van der Waals surface area contributed by atoms with Crippen LogP contribution in [-0.4, -0.2) is 24.7 Å². The molecule has 1 heterocycles. The van der Waals surface area contributed by atoms with Crippen molar-refractivity contribution >= 4 is 22.7 Å². The molecule has 1 aliphatic carbocycles. The Kier molecular flexibility index (Phi) is 4.76. The highest BCUT2D eigenvalue weighted by molar-refractivity contribution is 7.99. The van der Waals surface area contributed by atoms with Crippen molar-refractivity contribution in [1.82, 2.24) is 5.32 Å². The molecule has 3 nitrogen and oxygen atoms in total. The Hall–Kier alpha value is -1.13. The molecule has 0 unspecified atom stereocenters. The van der Waals surface area contributed by atoms with E-state index in [9.17, 15) is 0 Å². The number of methoxy groups -OCH3 is 1. The number of para-hydroxylation sites is 1. The molecule has 1 saturated carbocycles. The Labute approximate surface area is 130 Å². The third-order valence-corrected chi connectivity index (χ3v) is 5.49. The summed E-state index contributed by atoms with van der Waals surface area (Å²) in [6.45, 7) is 0.798. The Morgan fingerprint density at radius 2 is 2.10 bits per heavy atom. The van der Waals surface area contributed by atoms with E-state index in [0.717, 1.165) is 34.3 Å². The van der Waals surface area contributed by atoms with Crippen LogP contribution in [0.5, 0.6) is 5.75 Å². The highest BCUT2D eigenvalue weighted by Crippen LogP contribution is 2.29. The second kappa shape index (κ2) is 6.75. The summed E-state index contributed by atoms with van der Waals surface area (Å²) in [7, 11) is 1.68. The Morgan fingerprint density at radius 1 is 1.29 bits per heavy atom. The first-order valence-corrected chi connectivity index (χ1v) is 8.90. The van der Waals surface area contributed by atoms with Crippen LogP contribution in [0, 0.1) is 0 Å². The highest BCUT2D eigenvalue weighted by atomic mass is 32.2. The lowest BCUT2D eigenvalue weighted by Gasteiger charge is -2.27. The second-order valence-electron chi connectivity index (χ2n) is 5.68. The molecule has 0 aliphatic heterocycles. The van der Waals surface area contributed by atoms with Crippen LogP contribution in [0.1, 0.15) is 31.4 Å². The second-order valence-corrected chi connectivity index (χ2v) is 6.82. The lowest BCUT2D eigenvalue weighted by Crippen LogP contribution is -2.33. The van der Waals surface area contributed by atoms with Gasteiger partial charge in [0.1, 0.15) is 5.76 Å². The minimum absolute atomic E-state index is 0.628. The minimum Gasteiger partial charge on any atom is -0.493 e. The van der Waals surface area contributed by atoms with Crippen molar-refractivity contribution in [3.05, 3.63) is 30.0 Å². The van der Waals surface area contributed by atoms with Gasteiger partial charge in [0.15, 0.2) is 11.3 Å². The summed E-state index contributed by atoms with van der Waals surface area (Å²) < 4.78 is 11.3. The monoisotopic (exact) mass is 305 g/mol. The predicted octanol–water partition coefficient (Wildman–Crippen LogP) is 4.21. The summed E-state index contributed by atoms with van der Waals surface area (Å²) >= 11 is 2.01. The molecule has 114 valence electrons. The molecule has 0 radical (unpaired) electrons. The van der Waals surface area contributed by atoms with E-state index in [0.29, 0.717) is 6.04 Å². The number of rotatable bonds is 5. The fraction of sp³-hybridized carbons (Fsp3) is 0.529. The zero-order valence-corrected chi connectivity index (χ0v) is 13.5. The molecule has 0 bridgehead atoms. The van der Waals surface area contributed by atoms with E-state index in [1.807, 2.05) is 23.9 Å². The van der Waals surface area contributed by atoms with Gasteiger partial charge >= 0.3 is 0 Å². The lowest BCUT2D eigenvalue weighted by molar-refractivity contribution is 0.362. The first-order valence-electron chi connectivity index (χ1n) is 7.61. The molecule has 0 saturated heterocycles. The summed E-state index contributed by atoms with van der Waals surface area (Å²) in [5.74, 6) is 1.79. The highest BCUT2D eigenvalue weighted by Gasteiger charge is 2.20. The summed E-state index contributed by atoms with van der Waals surface area (Å²) in [6.07, 6.45) is 7.42. The van der Waals surface area contributed by atoms with E-state index in [1.54, 1.807) is 7.11 Å². The van der Waals surface area contributed by atoms with Gasteiger partial charge in [0, 0.05) is 16.7 Å². The summed E-state index contributed by atoms with van der Waals surface area (Å²) in [5, 5.41) is 5.61. The molecule has 3 rings (SSSR count). The topological polar surface area (TPSA) is 34.4 Å². The SMILES string of the molecule is COc1cccc2cc(CNC3CCC(SC)CC3)oc12. The predicted molar refractivity (Wildman–Crippen MR) is 89.2 cm³/mol. The van der Waals surface area contributed by atoms with Gasteiger partial charge in [0.25, 0.3) is 0 Å². The zero-order valence-electron chi connectivity index (χ0n) is 12.7. The number of ether oxygens (including phenoxy) is 1. The van der Waals surface area contributed by atoms with Crippen LogP contribution in [0.4, 0.5) is 0 Å². The number of fused-ring (bicyclic) bond motifs is 1. The van der Waals surface area contributed by atoms with Crippen molar-refractivity contribution in [2.75, 3.05) is 13.4 Å². The molecule has 1 aromatic carbocycles. The minimum atomic E-state index is 0.628. The lowest BCUT2D eigenvalue weighted by atomic mass is 9.95. The van der Waals surface area contributed by atoms with Crippen LogP contribution in [-0.2, 0) is 6.54 Å². The molecule has 2 aromatic rings. The fourth-order valence-corrected chi connectivity index (χ4v) is 3.83. The van der Waals surface area contributed by atoms with Crippen molar-refractivity contribution in [2.24, 2.45) is 0 Å². The van der Waals surface area contributed by atoms with Gasteiger partial charge in [0.05, 0.1) is 13.7 Å². The normalized spacial score (nSPS) is 22.6. The van der Waals surface area contributed by atoms with E-state index in [1.165, 1.54) is 25.7 Å². The van der Waals surface area contributed by atoms with Gasteiger partial charge in [-0.05, 0) is 44.1 Å². The number of hydrogen-bond acceptors (Lipinski definition) is 4. The standard InChI is InChI=1S/C17H23NO2S/c1-19-16-5-3-4-12-10-14(20-17(12)16)11-18-13-6-8-15(21-2)9-7-13/h3-5,10,13,15,18H,6-9,11H2,1-2H3. The van der Waals surface area contributed by atoms with Crippen LogP contribution in [0.15, 0.2) is 28.7 Å². The molecule has 0 amide bonds. The van der Waals surface area contributed by atoms with E-state index >= 15 is 0 Å². The van der Waals surface area contributed by atoms with E-state index in [4.69, 9.17) is 9.15 Å². The first kappa shape index (κ1) is 14.8.